The van der Waals surface area contributed by atoms with Crippen molar-refractivity contribution in [2.45, 2.75) is 71.8 Å². The lowest BCUT2D eigenvalue weighted by atomic mass is 9.68. The number of carbonyl (C=O) groups excluding carboxylic acids is 1. The quantitative estimate of drug-likeness (QED) is 0.831. The molecular weight excluding hydrogens is 224 g/mol. The molecule has 1 N–H and O–H groups in total. The molecule has 0 aliphatic heterocycles. The van der Waals surface area contributed by atoms with Crippen LogP contribution in [0.15, 0.2) is 0 Å². The average Bonchev–Trinajstić information content (AvgIpc) is 2.35. The van der Waals surface area contributed by atoms with Crippen molar-refractivity contribution in [3.63, 3.8) is 0 Å². The van der Waals surface area contributed by atoms with Gasteiger partial charge in [0.1, 0.15) is 5.54 Å². The molecule has 1 aliphatic carbocycles. The molecular formula is C15H26N2O. The normalized spacial score (nSPS) is 23.2. The number of carbonyl (C=O) groups is 1. The zero-order chi connectivity index (χ0) is 13.8. The van der Waals surface area contributed by atoms with Gasteiger partial charge in [-0.25, -0.2) is 0 Å². The molecule has 1 unspecified atom stereocenters. The lowest BCUT2D eigenvalue weighted by Gasteiger charge is -2.39. The summed E-state index contributed by atoms with van der Waals surface area (Å²) in [6.45, 7) is 8.25. The maximum absolute atomic E-state index is 12.4. The van der Waals surface area contributed by atoms with Gasteiger partial charge >= 0.3 is 0 Å². The van der Waals surface area contributed by atoms with Crippen LogP contribution in [0.5, 0.6) is 0 Å². The standard InChI is InChI=1S/C15H26N2O/c1-5-15(6-2,11-16)17-13(18)12-9-7-8-10-14(12,3)4/h12H,5-10H2,1-4H3,(H,17,18). The van der Waals surface area contributed by atoms with Crippen LogP contribution in [0, 0.1) is 22.7 Å². The molecule has 0 aromatic carbocycles. The Labute approximate surface area is 111 Å². The molecule has 0 heterocycles. The first-order valence-electron chi connectivity index (χ1n) is 7.14. The van der Waals surface area contributed by atoms with Crippen LogP contribution in [-0.4, -0.2) is 11.4 Å². The van der Waals surface area contributed by atoms with Crippen LogP contribution in [0.25, 0.3) is 0 Å². The van der Waals surface area contributed by atoms with Crippen molar-refractivity contribution in [2.75, 3.05) is 0 Å². The summed E-state index contributed by atoms with van der Waals surface area (Å²) in [5.41, 5.74) is -0.615. The third-order valence-electron chi connectivity index (χ3n) is 4.61. The second-order valence-corrected chi connectivity index (χ2v) is 6.18. The molecule has 0 spiro atoms. The van der Waals surface area contributed by atoms with Gasteiger partial charge in [0, 0.05) is 5.92 Å². The molecule has 0 radical (unpaired) electrons. The van der Waals surface area contributed by atoms with E-state index >= 15 is 0 Å². The maximum atomic E-state index is 12.4. The highest BCUT2D eigenvalue weighted by Crippen LogP contribution is 2.40. The number of amides is 1. The van der Waals surface area contributed by atoms with E-state index in [1.165, 1.54) is 6.42 Å². The number of rotatable bonds is 4. The van der Waals surface area contributed by atoms with Gasteiger partial charge in [-0.3, -0.25) is 4.79 Å². The number of hydrogen-bond donors (Lipinski definition) is 1. The van der Waals surface area contributed by atoms with Crippen molar-refractivity contribution in [3.8, 4) is 6.07 Å². The van der Waals surface area contributed by atoms with Gasteiger partial charge in [0.05, 0.1) is 6.07 Å². The van der Waals surface area contributed by atoms with Crippen LogP contribution in [0.2, 0.25) is 0 Å². The lowest BCUT2D eigenvalue weighted by molar-refractivity contribution is -0.131. The summed E-state index contributed by atoms with van der Waals surface area (Å²) < 4.78 is 0. The minimum atomic E-state index is -0.676. The van der Waals surface area contributed by atoms with Gasteiger partial charge in [0.25, 0.3) is 0 Å². The first-order chi connectivity index (χ1) is 8.40. The first kappa shape index (κ1) is 15.0. The minimum absolute atomic E-state index is 0.0528. The molecule has 0 aromatic heterocycles. The van der Waals surface area contributed by atoms with Crippen molar-refractivity contribution in [1.29, 1.82) is 5.26 Å². The van der Waals surface area contributed by atoms with E-state index in [1.807, 2.05) is 13.8 Å². The second kappa shape index (κ2) is 5.73. The van der Waals surface area contributed by atoms with Crippen molar-refractivity contribution in [1.82, 2.24) is 5.32 Å². The lowest BCUT2D eigenvalue weighted by Crippen LogP contribution is -2.51. The summed E-state index contributed by atoms with van der Waals surface area (Å²) in [6, 6.07) is 2.28. The summed E-state index contributed by atoms with van der Waals surface area (Å²) in [5, 5.41) is 12.3. The zero-order valence-electron chi connectivity index (χ0n) is 12.2. The Morgan fingerprint density at radius 3 is 2.44 bits per heavy atom. The van der Waals surface area contributed by atoms with E-state index < -0.39 is 5.54 Å². The Morgan fingerprint density at radius 1 is 1.39 bits per heavy atom. The molecule has 18 heavy (non-hydrogen) atoms. The van der Waals surface area contributed by atoms with Crippen LogP contribution in [0.3, 0.4) is 0 Å². The molecule has 3 heteroatoms. The maximum Gasteiger partial charge on any atom is 0.224 e. The third-order valence-corrected chi connectivity index (χ3v) is 4.61. The van der Waals surface area contributed by atoms with Gasteiger partial charge in [0.15, 0.2) is 0 Å². The van der Waals surface area contributed by atoms with Crippen LogP contribution >= 0.6 is 0 Å². The van der Waals surface area contributed by atoms with Gasteiger partial charge in [0.2, 0.25) is 5.91 Å². The van der Waals surface area contributed by atoms with E-state index in [1.54, 1.807) is 0 Å². The average molecular weight is 250 g/mol. The van der Waals surface area contributed by atoms with Gasteiger partial charge < -0.3 is 5.32 Å². The summed E-state index contributed by atoms with van der Waals surface area (Å²) in [6.07, 6.45) is 5.72. The molecule has 1 atom stereocenters. The SMILES string of the molecule is CCC(C#N)(CC)NC(=O)C1CCCCC1(C)C. The topological polar surface area (TPSA) is 52.9 Å². The molecule has 102 valence electrons. The fourth-order valence-corrected chi connectivity index (χ4v) is 2.92. The molecule has 1 rings (SSSR count). The molecule has 0 aromatic rings. The summed E-state index contributed by atoms with van der Waals surface area (Å²) in [5.74, 6) is 0.127. The predicted octanol–water partition coefficient (Wildman–Crippen LogP) is 3.40. The van der Waals surface area contributed by atoms with Crippen molar-refractivity contribution in [2.24, 2.45) is 11.3 Å². The van der Waals surface area contributed by atoms with Gasteiger partial charge in [-0.15, -0.1) is 0 Å². The summed E-state index contributed by atoms with van der Waals surface area (Å²) in [7, 11) is 0. The number of hydrogen-bond acceptors (Lipinski definition) is 2. The molecule has 0 saturated heterocycles. The minimum Gasteiger partial charge on any atom is -0.338 e. The smallest absolute Gasteiger partial charge is 0.224 e. The van der Waals surface area contributed by atoms with Crippen molar-refractivity contribution < 1.29 is 4.79 Å². The van der Waals surface area contributed by atoms with E-state index in [-0.39, 0.29) is 17.2 Å². The van der Waals surface area contributed by atoms with Crippen LogP contribution in [0.1, 0.15) is 66.2 Å². The zero-order valence-corrected chi connectivity index (χ0v) is 12.2. The summed E-state index contributed by atoms with van der Waals surface area (Å²) >= 11 is 0. The predicted molar refractivity (Wildman–Crippen MR) is 72.8 cm³/mol. The van der Waals surface area contributed by atoms with Crippen LogP contribution < -0.4 is 5.32 Å². The molecule has 1 fully saturated rings. The van der Waals surface area contributed by atoms with Crippen molar-refractivity contribution >= 4 is 5.91 Å². The molecule has 1 saturated carbocycles. The third kappa shape index (κ3) is 3.04. The largest absolute Gasteiger partial charge is 0.338 e. The van der Waals surface area contributed by atoms with E-state index in [9.17, 15) is 10.1 Å². The second-order valence-electron chi connectivity index (χ2n) is 6.18. The van der Waals surface area contributed by atoms with Crippen LogP contribution in [0.4, 0.5) is 0 Å². The Kier molecular flexibility index (Phi) is 4.78. The monoisotopic (exact) mass is 250 g/mol. The molecule has 1 amide bonds. The Morgan fingerprint density at radius 2 is 2.00 bits per heavy atom. The van der Waals surface area contributed by atoms with E-state index in [0.29, 0.717) is 12.8 Å². The number of nitrogens with zero attached hydrogens (tertiary/aromatic N) is 1. The molecule has 0 bridgehead atoms. The Balaban J connectivity index is 2.78. The molecule has 3 nitrogen and oxygen atoms in total. The number of nitrogens with one attached hydrogen (secondary N) is 1. The highest BCUT2D eigenvalue weighted by atomic mass is 16.2. The highest BCUT2D eigenvalue weighted by molar-refractivity contribution is 5.80. The van der Waals surface area contributed by atoms with Gasteiger partial charge in [-0.1, -0.05) is 40.5 Å². The fourth-order valence-electron chi connectivity index (χ4n) is 2.92. The molecule has 1 aliphatic rings. The van der Waals surface area contributed by atoms with Crippen LogP contribution in [-0.2, 0) is 4.79 Å². The number of nitriles is 1. The van der Waals surface area contributed by atoms with E-state index in [4.69, 9.17) is 0 Å². The Bertz CT molecular complexity index is 337. The van der Waals surface area contributed by atoms with Gasteiger partial charge in [-0.05, 0) is 31.1 Å². The van der Waals surface area contributed by atoms with E-state index in [2.05, 4.69) is 25.2 Å². The van der Waals surface area contributed by atoms with Crippen molar-refractivity contribution in [3.05, 3.63) is 0 Å². The highest BCUT2D eigenvalue weighted by Gasteiger charge is 2.39. The van der Waals surface area contributed by atoms with E-state index in [0.717, 1.165) is 19.3 Å². The Hall–Kier alpha value is -1.04. The van der Waals surface area contributed by atoms with Gasteiger partial charge in [-0.2, -0.15) is 5.26 Å². The fraction of sp³-hybridized carbons (Fsp3) is 0.867. The summed E-state index contributed by atoms with van der Waals surface area (Å²) in [4.78, 5) is 12.4. The first-order valence-corrected chi connectivity index (χ1v) is 7.14.